The number of fused-ring (bicyclic) bond motifs is 1. The zero-order valence-electron chi connectivity index (χ0n) is 25.8. The number of morpholine rings is 1. The van der Waals surface area contributed by atoms with Gasteiger partial charge in [-0.05, 0) is 77.6 Å². The van der Waals surface area contributed by atoms with Gasteiger partial charge >= 0.3 is 5.97 Å². The van der Waals surface area contributed by atoms with Crippen LogP contribution in [0, 0.1) is 24.2 Å². The number of hydrogen-bond donors (Lipinski definition) is 3. The van der Waals surface area contributed by atoms with Crippen molar-refractivity contribution in [1.82, 2.24) is 20.7 Å². The van der Waals surface area contributed by atoms with Gasteiger partial charge in [0.05, 0.1) is 43.3 Å². The third kappa shape index (κ3) is 6.65. The number of nitrogens with zero attached hydrogens (tertiary/aromatic N) is 3. The minimum Gasteiger partial charge on any atom is -0.458 e. The summed E-state index contributed by atoms with van der Waals surface area (Å²) in [5, 5.41) is 18.4. The van der Waals surface area contributed by atoms with E-state index < -0.39 is 35.3 Å². The number of amides is 2. The van der Waals surface area contributed by atoms with Gasteiger partial charge in [-0.1, -0.05) is 0 Å². The highest BCUT2D eigenvalue weighted by atomic mass is 16.6. The minimum absolute atomic E-state index is 0.00649. The molecule has 0 radical (unpaired) electrons. The number of esters is 1. The van der Waals surface area contributed by atoms with Gasteiger partial charge in [0.25, 0.3) is 5.91 Å². The smallest absolute Gasteiger partial charge is 0.335 e. The number of piperidine rings is 1. The second kappa shape index (κ2) is 12.4. The molecule has 43 heavy (non-hydrogen) atoms. The van der Waals surface area contributed by atoms with Crippen molar-refractivity contribution in [2.24, 2.45) is 5.92 Å². The lowest BCUT2D eigenvalue weighted by molar-refractivity contribution is -0.180. The Hall–Kier alpha value is -3.24. The van der Waals surface area contributed by atoms with Gasteiger partial charge in [-0.25, -0.2) is 15.2 Å². The van der Waals surface area contributed by atoms with Gasteiger partial charge in [-0.15, -0.1) is 0 Å². The molecule has 1 aromatic rings. The number of carbonyl (C=O) groups is 3. The Kier molecular flexibility index (Phi) is 9.00. The maximum atomic E-state index is 13.2. The molecule has 4 aliphatic rings. The molecule has 4 fully saturated rings. The van der Waals surface area contributed by atoms with E-state index in [0.717, 1.165) is 11.3 Å². The average molecular weight is 597 g/mol. The van der Waals surface area contributed by atoms with Gasteiger partial charge in [-0.3, -0.25) is 9.59 Å². The van der Waals surface area contributed by atoms with E-state index in [-0.39, 0.29) is 37.0 Å². The van der Waals surface area contributed by atoms with Crippen molar-refractivity contribution in [3.63, 3.8) is 0 Å². The summed E-state index contributed by atoms with van der Waals surface area (Å²) < 4.78 is 17.2. The number of nitrogens with one attached hydrogen (secondary N) is 3. The van der Waals surface area contributed by atoms with Gasteiger partial charge in [0.1, 0.15) is 11.8 Å². The van der Waals surface area contributed by atoms with Crippen LogP contribution in [0.3, 0.4) is 0 Å². The van der Waals surface area contributed by atoms with E-state index >= 15 is 0 Å². The number of nitriles is 1. The molecule has 0 aromatic heterocycles. The van der Waals surface area contributed by atoms with Gasteiger partial charge in [0, 0.05) is 36.9 Å². The molecular weight excluding hydrogens is 552 g/mol. The number of aryl methyl sites for hydroxylation is 1. The van der Waals surface area contributed by atoms with Crippen molar-refractivity contribution in [2.45, 2.75) is 95.9 Å². The van der Waals surface area contributed by atoms with Crippen LogP contribution < -0.4 is 16.1 Å². The first kappa shape index (κ1) is 31.2. The molecule has 12 heteroatoms. The summed E-state index contributed by atoms with van der Waals surface area (Å²) in [6.45, 7) is 11.7. The summed E-state index contributed by atoms with van der Waals surface area (Å²) in [6, 6.07) is 7.77. The highest BCUT2D eigenvalue weighted by Gasteiger charge is 2.56. The number of benzene rings is 1. The van der Waals surface area contributed by atoms with Crippen LogP contribution in [0.15, 0.2) is 18.2 Å². The molecule has 2 amide bonds. The summed E-state index contributed by atoms with van der Waals surface area (Å²) in [5.74, 6) is -0.910. The summed E-state index contributed by atoms with van der Waals surface area (Å²) in [5.41, 5.74) is 4.45. The largest absolute Gasteiger partial charge is 0.458 e. The standard InChI is InChI=1S/C31H44N6O6/c1-19-16-21(6-7-22(19)28(39)36-14-15-41-20(2)17-36)34-26-25-23(9-13-33-27(25)38)37(35-26)31(11-12-32)10-8-24(42-18-31)29(40)43-30(3,4)5/h6-7,16,20,23-26,34-35H,8-11,13-15,17-18H2,1-5H3,(H,33,38)/t20?,23?,24-,25?,26?,31-/m0/s1. The van der Waals surface area contributed by atoms with E-state index in [2.05, 4.69) is 22.1 Å². The molecule has 4 unspecified atom stereocenters. The number of ether oxygens (including phenoxy) is 3. The number of carbonyl (C=O) groups excluding carboxylic acids is 3. The first-order chi connectivity index (χ1) is 20.4. The van der Waals surface area contributed by atoms with E-state index in [9.17, 15) is 19.6 Å². The van der Waals surface area contributed by atoms with Crippen molar-refractivity contribution in [2.75, 3.05) is 38.2 Å². The maximum absolute atomic E-state index is 13.2. The van der Waals surface area contributed by atoms with Gasteiger partial charge in [-0.2, -0.15) is 5.26 Å². The quantitative estimate of drug-likeness (QED) is 0.418. The lowest BCUT2D eigenvalue weighted by atomic mass is 9.83. The zero-order valence-corrected chi connectivity index (χ0v) is 25.8. The predicted molar refractivity (Wildman–Crippen MR) is 158 cm³/mol. The van der Waals surface area contributed by atoms with E-state index in [1.807, 2.05) is 62.7 Å². The van der Waals surface area contributed by atoms with E-state index in [1.165, 1.54) is 0 Å². The Bertz CT molecular complexity index is 1270. The number of hydrogen-bond acceptors (Lipinski definition) is 10. The number of anilines is 1. The number of hydrazine groups is 1. The topological polar surface area (TPSA) is 145 Å². The lowest BCUT2D eigenvalue weighted by Gasteiger charge is -2.47. The van der Waals surface area contributed by atoms with Crippen LogP contribution >= 0.6 is 0 Å². The molecule has 0 bridgehead atoms. The van der Waals surface area contributed by atoms with Crippen molar-refractivity contribution in [1.29, 1.82) is 5.26 Å². The highest BCUT2D eigenvalue weighted by molar-refractivity contribution is 5.96. The van der Waals surface area contributed by atoms with Gasteiger partial charge in [0.2, 0.25) is 5.91 Å². The van der Waals surface area contributed by atoms with Crippen LogP contribution in [0.2, 0.25) is 0 Å². The molecule has 234 valence electrons. The normalized spacial score (nSPS) is 31.5. The molecule has 4 heterocycles. The molecular formula is C31H44N6O6. The second-order valence-corrected chi connectivity index (χ2v) is 13.2. The van der Waals surface area contributed by atoms with Crippen LogP contribution in [0.4, 0.5) is 5.69 Å². The minimum atomic E-state index is -0.717. The van der Waals surface area contributed by atoms with E-state index in [1.54, 1.807) is 0 Å². The highest BCUT2D eigenvalue weighted by Crippen LogP contribution is 2.40. The van der Waals surface area contributed by atoms with Crippen LogP contribution in [0.1, 0.15) is 69.3 Å². The summed E-state index contributed by atoms with van der Waals surface area (Å²) in [7, 11) is 0. The molecule has 5 rings (SSSR count). The van der Waals surface area contributed by atoms with Crippen LogP contribution in [0.5, 0.6) is 0 Å². The van der Waals surface area contributed by atoms with Crippen LogP contribution in [0.25, 0.3) is 0 Å². The Labute approximate surface area is 253 Å². The van der Waals surface area contributed by atoms with Crippen molar-refractivity contribution in [3.05, 3.63) is 29.3 Å². The molecule has 4 aliphatic heterocycles. The number of rotatable bonds is 6. The lowest BCUT2D eigenvalue weighted by Crippen LogP contribution is -2.63. The predicted octanol–water partition coefficient (Wildman–Crippen LogP) is 2.09. The molecule has 6 atom stereocenters. The zero-order chi connectivity index (χ0) is 30.9. The van der Waals surface area contributed by atoms with E-state index in [0.29, 0.717) is 51.1 Å². The summed E-state index contributed by atoms with van der Waals surface area (Å²) in [6.07, 6.45) is 0.678. The Morgan fingerprint density at radius 2 is 2.05 bits per heavy atom. The maximum Gasteiger partial charge on any atom is 0.335 e. The molecule has 0 saturated carbocycles. The van der Waals surface area contributed by atoms with Crippen LogP contribution in [-0.2, 0) is 23.8 Å². The summed E-state index contributed by atoms with van der Waals surface area (Å²) >= 11 is 0. The fourth-order valence-corrected chi connectivity index (χ4v) is 6.69. The molecule has 4 saturated heterocycles. The molecule has 12 nitrogen and oxygen atoms in total. The monoisotopic (exact) mass is 596 g/mol. The fraction of sp³-hybridized carbons (Fsp3) is 0.677. The molecule has 0 aliphatic carbocycles. The summed E-state index contributed by atoms with van der Waals surface area (Å²) in [4.78, 5) is 40.9. The fourth-order valence-electron chi connectivity index (χ4n) is 6.69. The van der Waals surface area contributed by atoms with Gasteiger partial charge < -0.3 is 29.7 Å². The van der Waals surface area contributed by atoms with Crippen LogP contribution in [-0.4, -0.2) is 96.1 Å². The first-order valence-corrected chi connectivity index (χ1v) is 15.2. The SMILES string of the molecule is Cc1cc(NC2NN([C@]3(CC#N)CC[C@@H](C(=O)OC(C)(C)C)OC3)C3CCNC(=O)C23)ccc1C(=O)N1CCOC(C)C1. The Balaban J connectivity index is 1.32. The first-order valence-electron chi connectivity index (χ1n) is 15.2. The molecule has 0 spiro atoms. The third-order valence-electron chi connectivity index (χ3n) is 8.75. The third-order valence-corrected chi connectivity index (χ3v) is 8.75. The van der Waals surface area contributed by atoms with Gasteiger partial charge in [0.15, 0.2) is 6.10 Å². The van der Waals surface area contributed by atoms with E-state index in [4.69, 9.17) is 14.2 Å². The van der Waals surface area contributed by atoms with Crippen molar-refractivity contribution >= 4 is 23.5 Å². The molecule has 3 N–H and O–H groups in total. The van der Waals surface area contributed by atoms with Crippen molar-refractivity contribution < 1.29 is 28.6 Å². The average Bonchev–Trinajstić information content (AvgIpc) is 3.32. The van der Waals surface area contributed by atoms with Crippen molar-refractivity contribution in [3.8, 4) is 6.07 Å². The molecule has 1 aromatic carbocycles. The Morgan fingerprint density at radius 1 is 1.26 bits per heavy atom. The second-order valence-electron chi connectivity index (χ2n) is 13.2. The Morgan fingerprint density at radius 3 is 2.70 bits per heavy atom.